The topological polar surface area (TPSA) is 97.0 Å². The van der Waals surface area contributed by atoms with Gasteiger partial charge in [0.2, 0.25) is 10.0 Å². The summed E-state index contributed by atoms with van der Waals surface area (Å²) in [5.41, 5.74) is 1.43. The van der Waals surface area contributed by atoms with Gasteiger partial charge >= 0.3 is 6.03 Å². The zero-order valence-electron chi connectivity index (χ0n) is 18.2. The lowest BCUT2D eigenvalue weighted by Crippen LogP contribution is -2.39. The van der Waals surface area contributed by atoms with Crippen molar-refractivity contribution in [2.45, 2.75) is 31.3 Å². The molecular formula is C22H29N3O5S. The predicted octanol–water partition coefficient (Wildman–Crippen LogP) is 2.90. The van der Waals surface area contributed by atoms with Crippen molar-refractivity contribution in [2.24, 2.45) is 5.92 Å². The molecular weight excluding hydrogens is 418 g/mol. The molecule has 2 aromatic carbocycles. The van der Waals surface area contributed by atoms with Crippen molar-refractivity contribution in [3.05, 3.63) is 53.6 Å². The number of rotatable bonds is 7. The van der Waals surface area contributed by atoms with Crippen LogP contribution in [0.15, 0.2) is 47.4 Å². The van der Waals surface area contributed by atoms with Gasteiger partial charge in [-0.25, -0.2) is 17.5 Å². The number of carbonyl (C=O) groups excluding carboxylic acids is 1. The third kappa shape index (κ3) is 5.29. The molecule has 8 nitrogen and oxygen atoms in total. The van der Waals surface area contributed by atoms with E-state index in [1.165, 1.54) is 20.2 Å². The van der Waals surface area contributed by atoms with Crippen LogP contribution in [0.1, 0.15) is 31.0 Å². The second kappa shape index (κ2) is 9.57. The Balaban J connectivity index is 1.71. The third-order valence-electron chi connectivity index (χ3n) is 5.05. The molecule has 2 N–H and O–H groups in total. The van der Waals surface area contributed by atoms with Crippen LogP contribution in [0.2, 0.25) is 0 Å². The Labute approximate surface area is 183 Å². The van der Waals surface area contributed by atoms with E-state index >= 15 is 0 Å². The van der Waals surface area contributed by atoms with Crippen LogP contribution in [-0.2, 0) is 16.6 Å². The largest absolute Gasteiger partial charge is 0.486 e. The van der Waals surface area contributed by atoms with Crippen molar-refractivity contribution in [2.75, 3.05) is 27.3 Å². The van der Waals surface area contributed by atoms with Gasteiger partial charge in [0.05, 0.1) is 10.9 Å². The monoisotopic (exact) mass is 447 g/mol. The van der Waals surface area contributed by atoms with Crippen LogP contribution in [0.25, 0.3) is 0 Å². The molecule has 0 aromatic heterocycles. The number of urea groups is 1. The van der Waals surface area contributed by atoms with Crippen LogP contribution in [0, 0.1) is 5.92 Å². The normalized spacial score (nSPS) is 14.4. The minimum Gasteiger partial charge on any atom is -0.486 e. The Morgan fingerprint density at radius 2 is 1.74 bits per heavy atom. The number of benzene rings is 2. The number of nitrogens with zero attached hydrogens (tertiary/aromatic N) is 1. The molecule has 0 saturated heterocycles. The molecule has 3 rings (SSSR count). The number of sulfonamides is 1. The van der Waals surface area contributed by atoms with Crippen LogP contribution in [0.5, 0.6) is 11.5 Å². The van der Waals surface area contributed by atoms with Crippen molar-refractivity contribution in [1.82, 2.24) is 14.9 Å². The summed E-state index contributed by atoms with van der Waals surface area (Å²) in [5, 5.41) is 5.76. The molecule has 0 spiro atoms. The lowest BCUT2D eigenvalue weighted by molar-refractivity contribution is 0.171. The van der Waals surface area contributed by atoms with E-state index in [9.17, 15) is 13.2 Å². The Morgan fingerprint density at radius 1 is 1.06 bits per heavy atom. The average molecular weight is 448 g/mol. The van der Waals surface area contributed by atoms with Gasteiger partial charge in [0.15, 0.2) is 11.5 Å². The van der Waals surface area contributed by atoms with E-state index in [1.807, 2.05) is 32.0 Å². The first-order valence-electron chi connectivity index (χ1n) is 10.1. The van der Waals surface area contributed by atoms with Crippen molar-refractivity contribution < 1.29 is 22.7 Å². The Kier molecular flexibility index (Phi) is 7.07. The second-order valence-corrected chi connectivity index (χ2v) is 9.97. The first-order chi connectivity index (χ1) is 14.7. The maximum atomic E-state index is 12.7. The highest BCUT2D eigenvalue weighted by atomic mass is 32.2. The number of amides is 2. The molecule has 0 unspecified atom stereocenters. The van der Waals surface area contributed by atoms with Crippen LogP contribution < -0.4 is 20.1 Å². The maximum absolute atomic E-state index is 12.7. The summed E-state index contributed by atoms with van der Waals surface area (Å²) in [7, 11) is -0.650. The number of hydrogen-bond donors (Lipinski definition) is 2. The second-order valence-electron chi connectivity index (χ2n) is 7.85. The van der Waals surface area contributed by atoms with Gasteiger partial charge in [0.1, 0.15) is 13.2 Å². The van der Waals surface area contributed by atoms with Crippen molar-refractivity contribution in [3.8, 4) is 11.5 Å². The van der Waals surface area contributed by atoms with Crippen LogP contribution >= 0.6 is 0 Å². The molecule has 31 heavy (non-hydrogen) atoms. The fraction of sp³-hybridized carbons (Fsp3) is 0.409. The van der Waals surface area contributed by atoms with E-state index < -0.39 is 10.0 Å². The fourth-order valence-corrected chi connectivity index (χ4v) is 4.47. The predicted molar refractivity (Wildman–Crippen MR) is 118 cm³/mol. The Morgan fingerprint density at radius 3 is 2.42 bits per heavy atom. The molecule has 0 aliphatic carbocycles. The summed E-state index contributed by atoms with van der Waals surface area (Å²) in [6.07, 6.45) is 0. The summed E-state index contributed by atoms with van der Waals surface area (Å²) < 4.78 is 37.5. The Bertz CT molecular complexity index is 1040. The van der Waals surface area contributed by atoms with Gasteiger partial charge in [-0.15, -0.1) is 0 Å². The maximum Gasteiger partial charge on any atom is 0.315 e. The molecule has 1 aliphatic rings. The SMILES string of the molecule is CC(C)[C@@H](NC(=O)NCc1ccccc1S(=O)(=O)N(C)C)c1ccc2c(c1)OCCO2. The van der Waals surface area contributed by atoms with Gasteiger partial charge in [-0.2, -0.15) is 0 Å². The molecule has 1 atom stereocenters. The molecule has 2 amide bonds. The quantitative estimate of drug-likeness (QED) is 0.680. The van der Waals surface area contributed by atoms with Gasteiger partial charge in [-0.1, -0.05) is 38.1 Å². The van der Waals surface area contributed by atoms with E-state index in [4.69, 9.17) is 9.47 Å². The van der Waals surface area contributed by atoms with Gasteiger partial charge in [0, 0.05) is 20.6 Å². The van der Waals surface area contributed by atoms with Crippen molar-refractivity contribution in [1.29, 1.82) is 0 Å². The summed E-state index contributed by atoms with van der Waals surface area (Å²) in [4.78, 5) is 12.8. The number of carbonyl (C=O) groups is 1. The zero-order valence-corrected chi connectivity index (χ0v) is 19.0. The number of ether oxygens (including phenoxy) is 2. The van der Waals surface area contributed by atoms with E-state index in [0.29, 0.717) is 30.3 Å². The van der Waals surface area contributed by atoms with E-state index in [0.717, 1.165) is 9.87 Å². The van der Waals surface area contributed by atoms with Gasteiger partial charge in [-0.05, 0) is 35.2 Å². The number of hydrogen-bond acceptors (Lipinski definition) is 5. The Hall–Kier alpha value is -2.78. The van der Waals surface area contributed by atoms with E-state index in [1.54, 1.807) is 18.2 Å². The average Bonchev–Trinajstić information content (AvgIpc) is 2.75. The zero-order chi connectivity index (χ0) is 22.6. The smallest absolute Gasteiger partial charge is 0.315 e. The van der Waals surface area contributed by atoms with Crippen LogP contribution in [0.3, 0.4) is 0 Å². The summed E-state index contributed by atoms with van der Waals surface area (Å²) >= 11 is 0. The van der Waals surface area contributed by atoms with Gasteiger partial charge < -0.3 is 20.1 Å². The van der Waals surface area contributed by atoms with Crippen LogP contribution in [-0.4, -0.2) is 46.1 Å². The molecule has 1 aliphatic heterocycles. The molecule has 9 heteroatoms. The first kappa shape index (κ1) is 22.9. The molecule has 0 fully saturated rings. The summed E-state index contributed by atoms with van der Waals surface area (Å²) in [6, 6.07) is 11.7. The highest BCUT2D eigenvalue weighted by molar-refractivity contribution is 7.89. The molecule has 0 radical (unpaired) electrons. The lowest BCUT2D eigenvalue weighted by Gasteiger charge is -2.25. The minimum atomic E-state index is -3.61. The summed E-state index contributed by atoms with van der Waals surface area (Å²) in [5.74, 6) is 1.48. The van der Waals surface area contributed by atoms with Crippen LogP contribution in [0.4, 0.5) is 4.79 Å². The molecule has 0 saturated carbocycles. The lowest BCUT2D eigenvalue weighted by atomic mass is 9.95. The van der Waals surface area contributed by atoms with E-state index in [2.05, 4.69) is 10.6 Å². The highest BCUT2D eigenvalue weighted by Gasteiger charge is 2.23. The number of fused-ring (bicyclic) bond motifs is 1. The van der Waals surface area contributed by atoms with Crippen molar-refractivity contribution in [3.63, 3.8) is 0 Å². The molecule has 0 bridgehead atoms. The number of nitrogens with one attached hydrogen (secondary N) is 2. The third-order valence-corrected chi connectivity index (χ3v) is 6.96. The van der Waals surface area contributed by atoms with Crippen molar-refractivity contribution >= 4 is 16.1 Å². The minimum absolute atomic E-state index is 0.0844. The summed E-state index contributed by atoms with van der Waals surface area (Å²) in [6.45, 7) is 5.13. The highest BCUT2D eigenvalue weighted by Crippen LogP contribution is 2.34. The van der Waals surface area contributed by atoms with Gasteiger partial charge in [0.25, 0.3) is 0 Å². The van der Waals surface area contributed by atoms with Gasteiger partial charge in [-0.3, -0.25) is 0 Å². The molecule has 168 valence electrons. The fourth-order valence-electron chi connectivity index (χ4n) is 3.35. The molecule has 1 heterocycles. The first-order valence-corrected chi connectivity index (χ1v) is 11.6. The van der Waals surface area contributed by atoms with E-state index in [-0.39, 0.29) is 29.4 Å². The standard InChI is InChI=1S/C22H29N3O5S/c1-15(2)21(16-9-10-18-19(13-16)30-12-11-29-18)24-22(26)23-14-17-7-5-6-8-20(17)31(27,28)25(3)4/h5-10,13,15,21H,11-12,14H2,1-4H3,(H2,23,24,26)/t21-/m1/s1. The molecule has 2 aromatic rings.